The van der Waals surface area contributed by atoms with Crippen molar-refractivity contribution in [3.05, 3.63) is 35.9 Å². The van der Waals surface area contributed by atoms with E-state index in [0.29, 0.717) is 5.41 Å². The normalized spacial score (nSPS) is 18.8. The Morgan fingerprint density at radius 2 is 1.75 bits per heavy atom. The highest BCUT2D eigenvalue weighted by molar-refractivity contribution is 6.18. The van der Waals surface area contributed by atoms with Crippen molar-refractivity contribution in [3.63, 3.8) is 0 Å². The summed E-state index contributed by atoms with van der Waals surface area (Å²) in [6, 6.07) is 10.8. The Morgan fingerprint density at radius 1 is 1.06 bits per heavy atom. The number of benzene rings is 1. The summed E-state index contributed by atoms with van der Waals surface area (Å²) in [5, 5.41) is 0. The van der Waals surface area contributed by atoms with Crippen molar-refractivity contribution in [3.8, 4) is 0 Å². The third-order valence-electron chi connectivity index (χ3n) is 3.96. The zero-order chi connectivity index (χ0) is 11.3. The number of aryl methyl sites for hydroxylation is 1. The molecule has 0 bridgehead atoms. The van der Waals surface area contributed by atoms with E-state index in [2.05, 4.69) is 30.3 Å². The topological polar surface area (TPSA) is 0 Å². The molecule has 2 rings (SSSR count). The zero-order valence-corrected chi connectivity index (χ0v) is 10.7. The van der Waals surface area contributed by atoms with Crippen molar-refractivity contribution in [2.24, 2.45) is 5.41 Å². The van der Waals surface area contributed by atoms with Gasteiger partial charge < -0.3 is 0 Å². The van der Waals surface area contributed by atoms with Crippen LogP contribution in [0.25, 0.3) is 0 Å². The molecule has 0 aliphatic heterocycles. The van der Waals surface area contributed by atoms with Crippen LogP contribution in [0.5, 0.6) is 0 Å². The lowest BCUT2D eigenvalue weighted by molar-refractivity contribution is 0.305. The Balaban J connectivity index is 1.79. The molecule has 0 amide bonds. The molecule has 0 aromatic heterocycles. The summed E-state index contributed by atoms with van der Waals surface area (Å²) >= 11 is 6.15. The average Bonchev–Trinajstić information content (AvgIpc) is 2.80. The van der Waals surface area contributed by atoms with Gasteiger partial charge in [0.05, 0.1) is 0 Å². The minimum Gasteiger partial charge on any atom is -0.126 e. The van der Waals surface area contributed by atoms with E-state index in [1.807, 2.05) is 0 Å². The lowest BCUT2D eigenvalue weighted by Crippen LogP contribution is -2.18. The molecular weight excluding hydrogens is 216 g/mol. The third-order valence-corrected chi connectivity index (χ3v) is 4.53. The van der Waals surface area contributed by atoms with Crippen LogP contribution in [-0.2, 0) is 6.42 Å². The van der Waals surface area contributed by atoms with Crippen LogP contribution in [0.1, 0.15) is 44.1 Å². The van der Waals surface area contributed by atoms with Gasteiger partial charge in [-0.25, -0.2) is 0 Å². The SMILES string of the molecule is ClCC1(CCCc2ccccc2)CCCC1. The molecule has 1 aromatic rings. The molecule has 88 valence electrons. The highest BCUT2D eigenvalue weighted by Crippen LogP contribution is 2.43. The Bertz CT molecular complexity index is 298. The van der Waals surface area contributed by atoms with Crippen LogP contribution in [0.3, 0.4) is 0 Å². The predicted molar refractivity (Wildman–Crippen MR) is 71.0 cm³/mol. The van der Waals surface area contributed by atoms with E-state index >= 15 is 0 Å². The van der Waals surface area contributed by atoms with Crippen LogP contribution in [0.4, 0.5) is 0 Å². The van der Waals surface area contributed by atoms with Crippen LogP contribution < -0.4 is 0 Å². The van der Waals surface area contributed by atoms with Gasteiger partial charge in [0.2, 0.25) is 0 Å². The molecule has 0 spiro atoms. The Morgan fingerprint density at radius 3 is 2.38 bits per heavy atom. The molecule has 1 saturated carbocycles. The molecule has 0 nitrogen and oxygen atoms in total. The molecule has 16 heavy (non-hydrogen) atoms. The largest absolute Gasteiger partial charge is 0.126 e. The molecule has 0 atom stereocenters. The van der Waals surface area contributed by atoms with Crippen molar-refractivity contribution >= 4 is 11.6 Å². The van der Waals surface area contributed by atoms with Crippen molar-refractivity contribution in [2.75, 3.05) is 5.88 Å². The van der Waals surface area contributed by atoms with Crippen molar-refractivity contribution in [1.82, 2.24) is 0 Å². The van der Waals surface area contributed by atoms with E-state index in [4.69, 9.17) is 11.6 Å². The summed E-state index contributed by atoms with van der Waals surface area (Å²) < 4.78 is 0. The number of halogens is 1. The minimum absolute atomic E-state index is 0.482. The second-order valence-electron chi connectivity index (χ2n) is 5.18. The smallest absolute Gasteiger partial charge is 0.0280 e. The van der Waals surface area contributed by atoms with E-state index in [1.165, 1.54) is 50.5 Å². The monoisotopic (exact) mass is 236 g/mol. The maximum Gasteiger partial charge on any atom is 0.0280 e. The quantitative estimate of drug-likeness (QED) is 0.644. The fourth-order valence-corrected chi connectivity index (χ4v) is 3.29. The average molecular weight is 237 g/mol. The fourth-order valence-electron chi connectivity index (χ4n) is 2.89. The third kappa shape index (κ3) is 3.01. The highest BCUT2D eigenvalue weighted by atomic mass is 35.5. The van der Waals surface area contributed by atoms with Gasteiger partial charge in [0.15, 0.2) is 0 Å². The van der Waals surface area contributed by atoms with Gasteiger partial charge in [-0.15, -0.1) is 11.6 Å². The van der Waals surface area contributed by atoms with Crippen LogP contribution in [0, 0.1) is 5.41 Å². The van der Waals surface area contributed by atoms with Gasteiger partial charge in [0.25, 0.3) is 0 Å². The van der Waals surface area contributed by atoms with E-state index < -0.39 is 0 Å². The molecule has 0 N–H and O–H groups in total. The highest BCUT2D eigenvalue weighted by Gasteiger charge is 2.31. The minimum atomic E-state index is 0.482. The number of hydrogen-bond acceptors (Lipinski definition) is 0. The van der Waals surface area contributed by atoms with Gasteiger partial charge in [-0.05, 0) is 43.1 Å². The first-order valence-corrected chi connectivity index (χ1v) is 6.98. The van der Waals surface area contributed by atoms with Crippen molar-refractivity contribution in [1.29, 1.82) is 0 Å². The van der Waals surface area contributed by atoms with E-state index in [0.717, 1.165) is 5.88 Å². The summed E-state index contributed by atoms with van der Waals surface area (Å²) in [5.41, 5.74) is 1.95. The number of alkyl halides is 1. The van der Waals surface area contributed by atoms with Gasteiger partial charge in [-0.1, -0.05) is 43.2 Å². The summed E-state index contributed by atoms with van der Waals surface area (Å²) in [6.07, 6.45) is 9.29. The molecule has 1 heteroatoms. The Kier molecular flexibility index (Phi) is 4.29. The lowest BCUT2D eigenvalue weighted by Gasteiger charge is -2.26. The van der Waals surface area contributed by atoms with E-state index in [9.17, 15) is 0 Å². The number of hydrogen-bond donors (Lipinski definition) is 0. The fraction of sp³-hybridized carbons (Fsp3) is 0.600. The second-order valence-corrected chi connectivity index (χ2v) is 5.45. The van der Waals surface area contributed by atoms with Crippen LogP contribution in [0.2, 0.25) is 0 Å². The maximum atomic E-state index is 6.15. The molecule has 1 fully saturated rings. The first kappa shape index (κ1) is 12.0. The van der Waals surface area contributed by atoms with E-state index in [1.54, 1.807) is 0 Å². The van der Waals surface area contributed by atoms with Gasteiger partial charge in [0.1, 0.15) is 0 Å². The van der Waals surface area contributed by atoms with Crippen LogP contribution >= 0.6 is 11.6 Å². The standard InChI is InChI=1S/C15H21Cl/c16-13-15(10-4-5-11-15)12-6-9-14-7-2-1-3-8-14/h1-3,7-8H,4-6,9-13H2. The molecule has 1 aliphatic rings. The Labute approximate surface area is 104 Å². The lowest BCUT2D eigenvalue weighted by atomic mass is 9.82. The first-order chi connectivity index (χ1) is 7.85. The van der Waals surface area contributed by atoms with Crippen molar-refractivity contribution < 1.29 is 0 Å². The summed E-state index contributed by atoms with van der Waals surface area (Å²) in [7, 11) is 0. The second kappa shape index (κ2) is 5.72. The zero-order valence-electron chi connectivity index (χ0n) is 9.92. The van der Waals surface area contributed by atoms with Gasteiger partial charge in [-0.2, -0.15) is 0 Å². The van der Waals surface area contributed by atoms with Gasteiger partial charge in [0, 0.05) is 5.88 Å². The van der Waals surface area contributed by atoms with E-state index in [-0.39, 0.29) is 0 Å². The Hall–Kier alpha value is -0.490. The maximum absolute atomic E-state index is 6.15. The molecule has 0 radical (unpaired) electrons. The summed E-state index contributed by atoms with van der Waals surface area (Å²) in [6.45, 7) is 0. The summed E-state index contributed by atoms with van der Waals surface area (Å²) in [5.74, 6) is 0.863. The number of rotatable bonds is 5. The van der Waals surface area contributed by atoms with Gasteiger partial charge in [-0.3, -0.25) is 0 Å². The molecule has 0 saturated heterocycles. The predicted octanol–water partition coefficient (Wildman–Crippen LogP) is 4.81. The molecule has 1 aromatic carbocycles. The molecule has 1 aliphatic carbocycles. The van der Waals surface area contributed by atoms with Gasteiger partial charge >= 0.3 is 0 Å². The molecule has 0 unspecified atom stereocenters. The summed E-state index contributed by atoms with van der Waals surface area (Å²) in [4.78, 5) is 0. The molecular formula is C15H21Cl. The van der Waals surface area contributed by atoms with Crippen LogP contribution in [-0.4, -0.2) is 5.88 Å². The van der Waals surface area contributed by atoms with Crippen LogP contribution in [0.15, 0.2) is 30.3 Å². The first-order valence-electron chi connectivity index (χ1n) is 6.45. The van der Waals surface area contributed by atoms with Crippen molar-refractivity contribution in [2.45, 2.75) is 44.9 Å². The molecule has 0 heterocycles.